The first-order valence-corrected chi connectivity index (χ1v) is 10.7. The number of nitrogens with zero attached hydrogens (tertiary/aromatic N) is 3. The zero-order chi connectivity index (χ0) is 25.3. The van der Waals surface area contributed by atoms with Crippen molar-refractivity contribution in [3.8, 4) is 0 Å². The number of nitrogens with two attached hydrogens (primary N) is 1. The number of aromatic nitrogens is 2. The molecule has 1 aliphatic rings. The van der Waals surface area contributed by atoms with Crippen molar-refractivity contribution in [3.05, 3.63) is 65.1 Å². The second-order valence-electron chi connectivity index (χ2n) is 8.19. The van der Waals surface area contributed by atoms with Gasteiger partial charge in [0.05, 0.1) is 17.6 Å². The molecule has 8 nitrogen and oxygen atoms in total. The van der Waals surface area contributed by atoms with Crippen molar-refractivity contribution in [2.45, 2.75) is 38.1 Å². The van der Waals surface area contributed by atoms with Gasteiger partial charge in [-0.05, 0) is 25.0 Å². The molecule has 184 valence electrons. The molecule has 0 radical (unpaired) electrons. The van der Waals surface area contributed by atoms with Gasteiger partial charge in [-0.1, -0.05) is 30.3 Å². The number of alkyl halides is 3. The summed E-state index contributed by atoms with van der Waals surface area (Å²) in [6.07, 6.45) is -3.48. The highest BCUT2D eigenvalue weighted by Gasteiger charge is 2.36. The monoisotopic (exact) mass is 491 g/mol. The van der Waals surface area contributed by atoms with Gasteiger partial charge in [-0.15, -0.1) is 0 Å². The Balaban J connectivity index is 1.44. The molecule has 3 amide bonds. The molecule has 1 aromatic heterocycles. The van der Waals surface area contributed by atoms with Crippen molar-refractivity contribution in [2.24, 2.45) is 5.73 Å². The molecule has 0 unspecified atom stereocenters. The molecule has 0 saturated heterocycles. The van der Waals surface area contributed by atoms with E-state index in [1.165, 1.54) is 9.58 Å². The van der Waals surface area contributed by atoms with Crippen LogP contribution in [0.15, 0.2) is 42.5 Å². The van der Waals surface area contributed by atoms with E-state index in [0.29, 0.717) is 29.8 Å². The Labute approximate surface area is 196 Å². The molecule has 1 heterocycles. The molecule has 1 saturated carbocycles. The number of nitrogens with one attached hydrogen (secondary N) is 1. The summed E-state index contributed by atoms with van der Waals surface area (Å²) in [4.78, 5) is 38.6. The maximum atomic E-state index is 14.2. The fourth-order valence-corrected chi connectivity index (χ4v) is 3.80. The van der Waals surface area contributed by atoms with Crippen molar-refractivity contribution in [2.75, 3.05) is 6.54 Å². The van der Waals surface area contributed by atoms with Crippen molar-refractivity contribution >= 4 is 28.6 Å². The number of halogens is 4. The summed E-state index contributed by atoms with van der Waals surface area (Å²) in [5.41, 5.74) is 4.19. The van der Waals surface area contributed by atoms with Crippen LogP contribution < -0.4 is 11.1 Å². The molecule has 0 aliphatic heterocycles. The predicted molar refractivity (Wildman–Crippen MR) is 116 cm³/mol. The summed E-state index contributed by atoms with van der Waals surface area (Å²) >= 11 is 0. The average molecular weight is 491 g/mol. The van der Waals surface area contributed by atoms with E-state index < -0.39 is 41.8 Å². The van der Waals surface area contributed by atoms with Gasteiger partial charge in [0.1, 0.15) is 12.4 Å². The Hall–Kier alpha value is -3.96. The van der Waals surface area contributed by atoms with E-state index in [9.17, 15) is 31.9 Å². The van der Waals surface area contributed by atoms with Gasteiger partial charge in [0.2, 0.25) is 11.8 Å². The van der Waals surface area contributed by atoms with Crippen LogP contribution in [-0.2, 0) is 28.9 Å². The van der Waals surface area contributed by atoms with Gasteiger partial charge >= 0.3 is 6.18 Å². The molecule has 3 aromatic rings. The molecule has 4 rings (SSSR count). The van der Waals surface area contributed by atoms with Crippen LogP contribution in [0.25, 0.3) is 10.9 Å². The minimum Gasteiger partial charge on any atom is -0.364 e. The quantitative estimate of drug-likeness (QED) is 0.472. The number of para-hydroxylation sites is 1. The maximum Gasteiger partial charge on any atom is 0.419 e. The van der Waals surface area contributed by atoms with E-state index in [1.807, 2.05) is 0 Å². The Bertz CT molecular complexity index is 1300. The molecule has 1 fully saturated rings. The molecule has 3 N–H and O–H groups in total. The smallest absolute Gasteiger partial charge is 0.364 e. The number of benzene rings is 2. The highest BCUT2D eigenvalue weighted by atomic mass is 19.4. The molecule has 12 heteroatoms. The van der Waals surface area contributed by atoms with Gasteiger partial charge in [0, 0.05) is 23.5 Å². The Morgan fingerprint density at radius 3 is 2.49 bits per heavy atom. The zero-order valence-electron chi connectivity index (χ0n) is 18.3. The first-order chi connectivity index (χ1) is 16.6. The summed E-state index contributed by atoms with van der Waals surface area (Å²) < 4.78 is 54.2. The lowest BCUT2D eigenvalue weighted by molar-refractivity contribution is -0.140. The SMILES string of the molecule is NC(=O)c1nn(CC(=O)N(CC(=O)NCc2cccc(C(F)(F)F)c2F)C2CC2)c2ccccc12. The van der Waals surface area contributed by atoms with Crippen LogP contribution in [0.3, 0.4) is 0 Å². The van der Waals surface area contributed by atoms with Crippen LogP contribution in [0.1, 0.15) is 34.5 Å². The Kier molecular flexibility index (Phi) is 6.46. The van der Waals surface area contributed by atoms with Crippen molar-refractivity contribution < 1.29 is 31.9 Å². The van der Waals surface area contributed by atoms with Gasteiger partial charge < -0.3 is 16.0 Å². The van der Waals surface area contributed by atoms with Gasteiger partial charge in [-0.3, -0.25) is 19.1 Å². The third-order valence-electron chi connectivity index (χ3n) is 5.66. The Morgan fingerprint density at radius 1 is 1.11 bits per heavy atom. The van der Waals surface area contributed by atoms with E-state index in [-0.39, 0.29) is 30.4 Å². The number of hydrogen-bond acceptors (Lipinski definition) is 4. The average Bonchev–Trinajstić information content (AvgIpc) is 3.57. The van der Waals surface area contributed by atoms with E-state index >= 15 is 0 Å². The third-order valence-corrected chi connectivity index (χ3v) is 5.66. The van der Waals surface area contributed by atoms with Crippen LogP contribution >= 0.6 is 0 Å². The number of rotatable bonds is 8. The zero-order valence-corrected chi connectivity index (χ0v) is 18.3. The first kappa shape index (κ1) is 24.2. The minimum atomic E-state index is -4.86. The molecule has 0 spiro atoms. The van der Waals surface area contributed by atoms with Crippen LogP contribution in [0.5, 0.6) is 0 Å². The number of hydrogen-bond donors (Lipinski definition) is 2. The van der Waals surface area contributed by atoms with Crippen LogP contribution in [0.2, 0.25) is 0 Å². The van der Waals surface area contributed by atoms with E-state index in [1.54, 1.807) is 24.3 Å². The summed E-state index contributed by atoms with van der Waals surface area (Å²) in [5.74, 6) is -3.28. The van der Waals surface area contributed by atoms with E-state index in [4.69, 9.17) is 5.73 Å². The topological polar surface area (TPSA) is 110 Å². The van der Waals surface area contributed by atoms with E-state index in [2.05, 4.69) is 10.4 Å². The fourth-order valence-electron chi connectivity index (χ4n) is 3.80. The number of carbonyl (C=O) groups excluding carboxylic acids is 3. The highest BCUT2D eigenvalue weighted by molar-refractivity contribution is 6.04. The lowest BCUT2D eigenvalue weighted by Crippen LogP contribution is -2.43. The van der Waals surface area contributed by atoms with Crippen LogP contribution in [-0.4, -0.2) is 45.0 Å². The van der Waals surface area contributed by atoms with Crippen molar-refractivity contribution in [1.29, 1.82) is 0 Å². The molecule has 2 aromatic carbocycles. The van der Waals surface area contributed by atoms with Crippen LogP contribution in [0.4, 0.5) is 17.6 Å². The normalized spacial score (nSPS) is 13.6. The predicted octanol–water partition coefficient (Wildman–Crippen LogP) is 2.60. The highest BCUT2D eigenvalue weighted by Crippen LogP contribution is 2.32. The van der Waals surface area contributed by atoms with Crippen molar-refractivity contribution in [3.63, 3.8) is 0 Å². The number of primary amides is 1. The lowest BCUT2D eigenvalue weighted by atomic mass is 10.1. The summed E-state index contributed by atoms with van der Waals surface area (Å²) in [7, 11) is 0. The standard InChI is InChI=1S/C23H21F4N5O3/c24-20-13(4-3-6-16(20)23(25,26)27)10-29-18(33)11-31(14-8-9-14)19(34)12-32-17-7-2-1-5-15(17)21(30-32)22(28)35/h1-7,14H,8-12H2,(H2,28,35)(H,29,33). The summed E-state index contributed by atoms with van der Waals surface area (Å²) in [6.45, 7) is -1.07. The number of amides is 3. The summed E-state index contributed by atoms with van der Waals surface area (Å²) in [5, 5.41) is 7.01. The molecule has 35 heavy (non-hydrogen) atoms. The fraction of sp³-hybridized carbons (Fsp3) is 0.304. The number of fused-ring (bicyclic) bond motifs is 1. The summed E-state index contributed by atoms with van der Waals surface area (Å²) in [6, 6.07) is 9.41. The molecular formula is C23H21F4N5O3. The van der Waals surface area contributed by atoms with Gasteiger partial charge in [0.15, 0.2) is 5.69 Å². The molecule has 0 bridgehead atoms. The second kappa shape index (κ2) is 9.35. The second-order valence-corrected chi connectivity index (χ2v) is 8.19. The third kappa shape index (κ3) is 5.26. The molecule has 1 aliphatic carbocycles. The van der Waals surface area contributed by atoms with E-state index in [0.717, 1.165) is 12.1 Å². The lowest BCUT2D eigenvalue weighted by Gasteiger charge is -2.22. The maximum absolute atomic E-state index is 14.2. The Morgan fingerprint density at radius 2 is 1.83 bits per heavy atom. The minimum absolute atomic E-state index is 0.0206. The van der Waals surface area contributed by atoms with Crippen LogP contribution in [0, 0.1) is 5.82 Å². The molecular weight excluding hydrogens is 470 g/mol. The largest absolute Gasteiger partial charge is 0.419 e. The number of carbonyl (C=O) groups is 3. The van der Waals surface area contributed by atoms with Crippen molar-refractivity contribution in [1.82, 2.24) is 20.0 Å². The van der Waals surface area contributed by atoms with Gasteiger partial charge in [0.25, 0.3) is 5.91 Å². The van der Waals surface area contributed by atoms with Gasteiger partial charge in [-0.2, -0.15) is 18.3 Å². The molecule has 0 atom stereocenters. The first-order valence-electron chi connectivity index (χ1n) is 10.7. The van der Waals surface area contributed by atoms with Gasteiger partial charge in [-0.25, -0.2) is 4.39 Å².